The predicted molar refractivity (Wildman–Crippen MR) is 79.6 cm³/mol. The van der Waals surface area contributed by atoms with Crippen molar-refractivity contribution in [3.8, 4) is 5.75 Å². The van der Waals surface area contributed by atoms with Crippen molar-refractivity contribution in [3.05, 3.63) is 27.7 Å². The number of aliphatic hydroxyl groups is 2. The lowest BCUT2D eigenvalue weighted by atomic mass is 10.2. The summed E-state index contributed by atoms with van der Waals surface area (Å²) in [6, 6.07) is 3.11. The molecule has 0 aliphatic rings. The van der Waals surface area contributed by atoms with Crippen molar-refractivity contribution in [2.24, 2.45) is 0 Å². The topological polar surface area (TPSA) is 58.9 Å². The van der Waals surface area contributed by atoms with Crippen LogP contribution in [0.2, 0.25) is 10.0 Å². The standard InChI is InChI=1S/C14H20Cl2O4/c1-2-3-4-19-8-12(18)9-20-14-10(7-17)5-11(15)6-13(14)16/h5-6,12,17-18H,2-4,7-9H2,1H3. The van der Waals surface area contributed by atoms with E-state index in [4.69, 9.17) is 32.7 Å². The van der Waals surface area contributed by atoms with Crippen LogP contribution in [0.3, 0.4) is 0 Å². The molecule has 0 saturated heterocycles. The number of benzene rings is 1. The number of hydrogen-bond donors (Lipinski definition) is 2. The van der Waals surface area contributed by atoms with Gasteiger partial charge in [0.1, 0.15) is 18.5 Å². The van der Waals surface area contributed by atoms with Crippen molar-refractivity contribution in [1.82, 2.24) is 0 Å². The molecule has 1 aromatic carbocycles. The Hall–Kier alpha value is -0.520. The van der Waals surface area contributed by atoms with E-state index in [2.05, 4.69) is 6.92 Å². The largest absolute Gasteiger partial charge is 0.489 e. The van der Waals surface area contributed by atoms with Gasteiger partial charge < -0.3 is 19.7 Å². The van der Waals surface area contributed by atoms with Crippen molar-refractivity contribution in [2.75, 3.05) is 19.8 Å². The number of unbranched alkanes of at least 4 members (excludes halogenated alkanes) is 1. The second kappa shape index (κ2) is 9.42. The first-order valence-corrected chi connectivity index (χ1v) is 7.31. The van der Waals surface area contributed by atoms with Gasteiger partial charge in [0.05, 0.1) is 18.2 Å². The zero-order valence-corrected chi connectivity index (χ0v) is 13.0. The average molecular weight is 323 g/mol. The zero-order valence-electron chi connectivity index (χ0n) is 11.4. The highest BCUT2D eigenvalue weighted by molar-refractivity contribution is 6.35. The van der Waals surface area contributed by atoms with E-state index in [9.17, 15) is 10.2 Å². The molecule has 0 aliphatic carbocycles. The molecule has 6 heteroatoms. The summed E-state index contributed by atoms with van der Waals surface area (Å²) < 4.78 is 10.7. The van der Waals surface area contributed by atoms with Crippen molar-refractivity contribution < 1.29 is 19.7 Å². The van der Waals surface area contributed by atoms with Crippen LogP contribution in [0.15, 0.2) is 12.1 Å². The maximum Gasteiger partial charge on any atom is 0.143 e. The van der Waals surface area contributed by atoms with Crippen LogP contribution in [-0.4, -0.2) is 36.1 Å². The Morgan fingerprint density at radius 3 is 2.65 bits per heavy atom. The number of aliphatic hydroxyl groups excluding tert-OH is 2. The van der Waals surface area contributed by atoms with Gasteiger partial charge in [0.2, 0.25) is 0 Å². The van der Waals surface area contributed by atoms with E-state index in [0.717, 1.165) is 12.8 Å². The molecule has 4 nitrogen and oxygen atoms in total. The molecule has 20 heavy (non-hydrogen) atoms. The molecule has 1 unspecified atom stereocenters. The van der Waals surface area contributed by atoms with Crippen LogP contribution < -0.4 is 4.74 Å². The fourth-order valence-electron chi connectivity index (χ4n) is 1.59. The lowest BCUT2D eigenvalue weighted by Crippen LogP contribution is -2.24. The van der Waals surface area contributed by atoms with Gasteiger partial charge in [-0.25, -0.2) is 0 Å². The summed E-state index contributed by atoms with van der Waals surface area (Å²) in [5.74, 6) is 0.339. The van der Waals surface area contributed by atoms with Gasteiger partial charge in [-0.2, -0.15) is 0 Å². The van der Waals surface area contributed by atoms with E-state index in [1.165, 1.54) is 6.07 Å². The van der Waals surface area contributed by atoms with Gasteiger partial charge in [0, 0.05) is 17.2 Å². The van der Waals surface area contributed by atoms with Crippen molar-refractivity contribution in [2.45, 2.75) is 32.5 Å². The number of ether oxygens (including phenoxy) is 2. The summed E-state index contributed by atoms with van der Waals surface area (Å²) in [6.07, 6.45) is 1.27. The van der Waals surface area contributed by atoms with Crippen molar-refractivity contribution >= 4 is 23.2 Å². The van der Waals surface area contributed by atoms with Gasteiger partial charge in [-0.15, -0.1) is 0 Å². The van der Waals surface area contributed by atoms with Gasteiger partial charge in [-0.3, -0.25) is 0 Å². The minimum atomic E-state index is -0.745. The molecule has 0 fully saturated rings. The number of halogens is 2. The molecule has 0 amide bonds. The molecule has 2 N–H and O–H groups in total. The third-order valence-corrected chi connectivity index (χ3v) is 3.13. The third-order valence-electron chi connectivity index (χ3n) is 2.63. The Morgan fingerprint density at radius 1 is 1.25 bits per heavy atom. The van der Waals surface area contributed by atoms with E-state index < -0.39 is 6.10 Å². The smallest absolute Gasteiger partial charge is 0.143 e. The Bertz CT molecular complexity index is 412. The third kappa shape index (κ3) is 5.85. The SMILES string of the molecule is CCCCOCC(O)COc1c(Cl)cc(Cl)cc1CO. The normalized spacial score (nSPS) is 12.4. The van der Waals surface area contributed by atoms with Gasteiger partial charge in [-0.1, -0.05) is 36.5 Å². The lowest BCUT2D eigenvalue weighted by Gasteiger charge is -2.16. The number of rotatable bonds is 9. The highest BCUT2D eigenvalue weighted by Crippen LogP contribution is 2.32. The highest BCUT2D eigenvalue weighted by Gasteiger charge is 2.13. The molecule has 1 aromatic rings. The van der Waals surface area contributed by atoms with Crippen LogP contribution in [0.5, 0.6) is 5.75 Å². The van der Waals surface area contributed by atoms with E-state index in [-0.39, 0.29) is 19.8 Å². The summed E-state index contributed by atoms with van der Waals surface area (Å²) in [4.78, 5) is 0. The van der Waals surface area contributed by atoms with Crippen LogP contribution in [0, 0.1) is 0 Å². The highest BCUT2D eigenvalue weighted by atomic mass is 35.5. The molecule has 0 aromatic heterocycles. The van der Waals surface area contributed by atoms with E-state index in [1.54, 1.807) is 6.07 Å². The molecule has 0 aliphatic heterocycles. The molecule has 114 valence electrons. The fourth-order valence-corrected chi connectivity index (χ4v) is 2.18. The predicted octanol–water partition coefficient (Wildman–Crippen LogP) is 3.04. The van der Waals surface area contributed by atoms with Gasteiger partial charge >= 0.3 is 0 Å². The Kier molecular flexibility index (Phi) is 8.26. The fraction of sp³-hybridized carbons (Fsp3) is 0.571. The van der Waals surface area contributed by atoms with Crippen LogP contribution in [-0.2, 0) is 11.3 Å². The summed E-state index contributed by atoms with van der Waals surface area (Å²) in [6.45, 7) is 2.71. The molecule has 1 atom stereocenters. The molecule has 0 spiro atoms. The molecule has 0 saturated carbocycles. The zero-order chi connectivity index (χ0) is 15.0. The number of hydrogen-bond acceptors (Lipinski definition) is 4. The van der Waals surface area contributed by atoms with Crippen molar-refractivity contribution in [1.29, 1.82) is 0 Å². The quantitative estimate of drug-likeness (QED) is 0.686. The van der Waals surface area contributed by atoms with E-state index in [0.29, 0.717) is 28.0 Å². The van der Waals surface area contributed by atoms with Crippen LogP contribution in [0.1, 0.15) is 25.3 Å². The minimum Gasteiger partial charge on any atom is -0.489 e. The van der Waals surface area contributed by atoms with Gasteiger partial charge in [0.25, 0.3) is 0 Å². The maximum absolute atomic E-state index is 9.74. The van der Waals surface area contributed by atoms with Gasteiger partial charge in [0.15, 0.2) is 0 Å². The maximum atomic E-state index is 9.74. The Balaban J connectivity index is 2.48. The van der Waals surface area contributed by atoms with Crippen LogP contribution in [0.4, 0.5) is 0 Å². The van der Waals surface area contributed by atoms with Crippen molar-refractivity contribution in [3.63, 3.8) is 0 Å². The molecule has 1 rings (SSSR count). The summed E-state index contributed by atoms with van der Waals surface area (Å²) in [5, 5.41) is 19.7. The first-order valence-electron chi connectivity index (χ1n) is 6.55. The second-order valence-corrected chi connectivity index (χ2v) is 5.27. The van der Waals surface area contributed by atoms with E-state index >= 15 is 0 Å². The van der Waals surface area contributed by atoms with Crippen LogP contribution in [0.25, 0.3) is 0 Å². The average Bonchev–Trinajstić information content (AvgIpc) is 2.41. The Morgan fingerprint density at radius 2 is 2.00 bits per heavy atom. The minimum absolute atomic E-state index is 0.0421. The monoisotopic (exact) mass is 322 g/mol. The first kappa shape index (κ1) is 17.5. The molecule has 0 radical (unpaired) electrons. The molecular formula is C14H20Cl2O4. The lowest BCUT2D eigenvalue weighted by molar-refractivity contribution is 0.0109. The molecular weight excluding hydrogens is 303 g/mol. The molecule has 0 heterocycles. The summed E-state index contributed by atoms with van der Waals surface area (Å²) in [5.41, 5.74) is 0.488. The molecule has 0 bridgehead atoms. The summed E-state index contributed by atoms with van der Waals surface area (Å²) in [7, 11) is 0. The second-order valence-electron chi connectivity index (χ2n) is 4.43. The van der Waals surface area contributed by atoms with Crippen LogP contribution >= 0.6 is 23.2 Å². The first-order chi connectivity index (χ1) is 9.58. The van der Waals surface area contributed by atoms with Gasteiger partial charge in [-0.05, 0) is 18.6 Å². The Labute approximate surface area is 129 Å². The summed E-state index contributed by atoms with van der Waals surface area (Å²) >= 11 is 11.9. The van der Waals surface area contributed by atoms with E-state index in [1.807, 2.05) is 0 Å².